The molecule has 1 aromatic carbocycles. The van der Waals surface area contributed by atoms with Gasteiger partial charge in [0.2, 0.25) is 0 Å². The second-order valence-corrected chi connectivity index (χ2v) is 5.37. The van der Waals surface area contributed by atoms with E-state index in [1.165, 1.54) is 11.3 Å². The molecular formula is C15H13N3O3S. The molecule has 22 heavy (non-hydrogen) atoms. The lowest BCUT2D eigenvalue weighted by Crippen LogP contribution is -2.26. The third kappa shape index (κ3) is 3.15. The number of ether oxygens (including phenoxy) is 2. The molecule has 0 radical (unpaired) electrons. The third-order valence-corrected chi connectivity index (χ3v) is 3.85. The molecule has 0 atom stereocenters. The van der Waals surface area contributed by atoms with Gasteiger partial charge in [-0.15, -0.1) is 0 Å². The van der Waals surface area contributed by atoms with Crippen LogP contribution in [0, 0.1) is 0 Å². The second kappa shape index (κ2) is 6.40. The maximum Gasteiger partial charge on any atom is 0.414 e. The van der Waals surface area contributed by atoms with Gasteiger partial charge in [-0.25, -0.2) is 9.78 Å². The number of hydrogen-bond acceptors (Lipinski definition) is 6. The van der Waals surface area contributed by atoms with Crippen molar-refractivity contribution in [1.29, 1.82) is 0 Å². The van der Waals surface area contributed by atoms with Crippen molar-refractivity contribution < 1.29 is 14.3 Å². The van der Waals surface area contributed by atoms with E-state index in [0.29, 0.717) is 17.5 Å². The van der Waals surface area contributed by atoms with Crippen LogP contribution in [0.3, 0.4) is 0 Å². The molecule has 1 amide bonds. The first-order valence-electron chi connectivity index (χ1n) is 6.54. The van der Waals surface area contributed by atoms with Crippen LogP contribution >= 0.6 is 11.3 Å². The van der Waals surface area contributed by atoms with Gasteiger partial charge in [0.05, 0.1) is 17.3 Å². The maximum absolute atomic E-state index is 11.8. The van der Waals surface area contributed by atoms with Gasteiger partial charge in [0.25, 0.3) is 5.19 Å². The molecule has 0 spiro atoms. The van der Waals surface area contributed by atoms with E-state index in [1.54, 1.807) is 25.6 Å². The number of fused-ring (bicyclic) bond motifs is 1. The predicted octanol–water partition coefficient (Wildman–Crippen LogP) is 2.99. The van der Waals surface area contributed by atoms with E-state index in [1.807, 2.05) is 24.3 Å². The first-order valence-corrected chi connectivity index (χ1v) is 7.36. The Morgan fingerprint density at radius 2 is 2.18 bits per heavy atom. The van der Waals surface area contributed by atoms with Gasteiger partial charge in [-0.3, -0.25) is 4.98 Å². The molecule has 0 saturated heterocycles. The van der Waals surface area contributed by atoms with E-state index in [-0.39, 0.29) is 0 Å². The number of nitrogens with zero attached hydrogens (tertiary/aromatic N) is 2. The fourth-order valence-corrected chi connectivity index (χ4v) is 2.72. The molecule has 3 aromatic rings. The number of carbonyl (C=O) groups excluding carboxylic acids is 1. The normalized spacial score (nSPS) is 10.4. The van der Waals surface area contributed by atoms with E-state index >= 15 is 0 Å². The number of benzene rings is 1. The number of amides is 1. The first kappa shape index (κ1) is 14.3. The van der Waals surface area contributed by atoms with Gasteiger partial charge in [0.15, 0.2) is 0 Å². The summed E-state index contributed by atoms with van der Waals surface area (Å²) in [7, 11) is 1.59. The van der Waals surface area contributed by atoms with Crippen molar-refractivity contribution in [1.82, 2.24) is 15.3 Å². The summed E-state index contributed by atoms with van der Waals surface area (Å²) in [6.07, 6.45) is 2.78. The highest BCUT2D eigenvalue weighted by Gasteiger charge is 2.10. The second-order valence-electron chi connectivity index (χ2n) is 4.38. The van der Waals surface area contributed by atoms with Crippen LogP contribution in [-0.4, -0.2) is 23.2 Å². The highest BCUT2D eigenvalue weighted by Crippen LogP contribution is 2.26. The summed E-state index contributed by atoms with van der Waals surface area (Å²) in [4.78, 5) is 20.1. The molecule has 0 aliphatic rings. The lowest BCUT2D eigenvalue weighted by molar-refractivity contribution is 0.200. The number of carbonyl (C=O) groups is 1. The molecule has 112 valence electrons. The Bertz CT molecular complexity index is 770. The van der Waals surface area contributed by atoms with Crippen LogP contribution in [0.5, 0.6) is 10.9 Å². The lowest BCUT2D eigenvalue weighted by Gasteiger charge is -2.08. The fraction of sp³-hybridized carbons (Fsp3) is 0.133. The molecule has 7 heteroatoms. The summed E-state index contributed by atoms with van der Waals surface area (Å²) < 4.78 is 11.3. The topological polar surface area (TPSA) is 73.3 Å². The SMILES string of the molecule is COc1ccccc1CNC(=O)Oc1nc2ccncc2s1. The van der Waals surface area contributed by atoms with Crippen LogP contribution < -0.4 is 14.8 Å². The van der Waals surface area contributed by atoms with Gasteiger partial charge in [-0.1, -0.05) is 29.5 Å². The zero-order valence-electron chi connectivity index (χ0n) is 11.8. The monoisotopic (exact) mass is 315 g/mol. The average Bonchev–Trinajstić information content (AvgIpc) is 2.95. The van der Waals surface area contributed by atoms with Crippen molar-refractivity contribution in [2.24, 2.45) is 0 Å². The zero-order chi connectivity index (χ0) is 15.4. The van der Waals surface area contributed by atoms with Gasteiger partial charge in [-0.2, -0.15) is 0 Å². The number of methoxy groups -OCH3 is 1. The molecule has 0 saturated carbocycles. The smallest absolute Gasteiger partial charge is 0.414 e. The number of nitrogens with one attached hydrogen (secondary N) is 1. The van der Waals surface area contributed by atoms with Gasteiger partial charge in [0.1, 0.15) is 5.75 Å². The fourth-order valence-electron chi connectivity index (χ4n) is 1.93. The van der Waals surface area contributed by atoms with Crippen LogP contribution in [0.1, 0.15) is 5.56 Å². The molecule has 0 aliphatic carbocycles. The maximum atomic E-state index is 11.8. The number of thiazole rings is 1. The van der Waals surface area contributed by atoms with Crippen LogP contribution in [0.25, 0.3) is 10.2 Å². The van der Waals surface area contributed by atoms with Crippen LogP contribution in [0.4, 0.5) is 4.79 Å². The first-order chi connectivity index (χ1) is 10.8. The minimum absolute atomic E-state index is 0.292. The number of aromatic nitrogens is 2. The third-order valence-electron chi connectivity index (χ3n) is 2.97. The molecule has 6 nitrogen and oxygen atoms in total. The molecular weight excluding hydrogens is 302 g/mol. The van der Waals surface area contributed by atoms with Gasteiger partial charge < -0.3 is 14.8 Å². The van der Waals surface area contributed by atoms with Gasteiger partial charge >= 0.3 is 6.09 Å². The summed E-state index contributed by atoms with van der Waals surface area (Å²) in [5.41, 5.74) is 1.63. The number of pyridine rings is 1. The molecule has 0 bridgehead atoms. The largest absolute Gasteiger partial charge is 0.496 e. The van der Waals surface area contributed by atoms with Crippen LogP contribution in [-0.2, 0) is 6.54 Å². The van der Waals surface area contributed by atoms with E-state index in [9.17, 15) is 4.79 Å². The van der Waals surface area contributed by atoms with Crippen molar-refractivity contribution in [2.45, 2.75) is 6.54 Å². The molecule has 3 rings (SSSR count). The Kier molecular flexibility index (Phi) is 4.15. The average molecular weight is 315 g/mol. The molecule has 1 N–H and O–H groups in total. The van der Waals surface area contributed by atoms with Crippen LogP contribution in [0.2, 0.25) is 0 Å². The standard InChI is InChI=1S/C15H13N3O3S/c1-20-12-5-3-2-4-10(12)8-17-14(19)21-15-18-11-6-7-16-9-13(11)22-15/h2-7,9H,8H2,1H3,(H,17,19). The van der Waals surface area contributed by atoms with Crippen molar-refractivity contribution in [3.63, 3.8) is 0 Å². The minimum Gasteiger partial charge on any atom is -0.496 e. The van der Waals surface area contributed by atoms with Crippen LogP contribution in [0.15, 0.2) is 42.7 Å². The Labute approximate surface area is 130 Å². The predicted molar refractivity (Wildman–Crippen MR) is 83.3 cm³/mol. The zero-order valence-corrected chi connectivity index (χ0v) is 12.6. The van der Waals surface area contributed by atoms with E-state index in [2.05, 4.69) is 15.3 Å². The molecule has 0 unspecified atom stereocenters. The molecule has 2 heterocycles. The highest BCUT2D eigenvalue weighted by atomic mass is 32.1. The Morgan fingerprint density at radius 1 is 1.32 bits per heavy atom. The molecule has 2 aromatic heterocycles. The van der Waals surface area contributed by atoms with E-state index in [4.69, 9.17) is 9.47 Å². The quantitative estimate of drug-likeness (QED) is 0.801. The summed E-state index contributed by atoms with van der Waals surface area (Å²) in [6, 6.07) is 9.23. The minimum atomic E-state index is -0.557. The van der Waals surface area contributed by atoms with Gasteiger partial charge in [0, 0.05) is 24.5 Å². The Morgan fingerprint density at radius 3 is 3.00 bits per heavy atom. The van der Waals surface area contributed by atoms with Crippen molar-refractivity contribution in [3.8, 4) is 10.9 Å². The number of hydrogen-bond donors (Lipinski definition) is 1. The van der Waals surface area contributed by atoms with Crippen molar-refractivity contribution in [2.75, 3.05) is 7.11 Å². The Hall–Kier alpha value is -2.67. The highest BCUT2D eigenvalue weighted by molar-refractivity contribution is 7.20. The summed E-state index contributed by atoms with van der Waals surface area (Å²) in [5.74, 6) is 0.717. The molecule has 0 aliphatic heterocycles. The Balaban J connectivity index is 1.62. The summed E-state index contributed by atoms with van der Waals surface area (Å²) in [6.45, 7) is 0.315. The number of para-hydroxylation sites is 1. The summed E-state index contributed by atoms with van der Waals surface area (Å²) >= 11 is 1.27. The lowest BCUT2D eigenvalue weighted by atomic mass is 10.2. The number of rotatable bonds is 4. The van der Waals surface area contributed by atoms with E-state index < -0.39 is 6.09 Å². The summed E-state index contributed by atoms with van der Waals surface area (Å²) in [5, 5.41) is 2.97. The van der Waals surface area contributed by atoms with Crippen molar-refractivity contribution >= 4 is 27.6 Å². The van der Waals surface area contributed by atoms with E-state index in [0.717, 1.165) is 15.8 Å². The molecule has 0 fully saturated rings. The van der Waals surface area contributed by atoms with Gasteiger partial charge in [-0.05, 0) is 12.1 Å². The van der Waals surface area contributed by atoms with Crippen molar-refractivity contribution in [3.05, 3.63) is 48.3 Å².